The van der Waals surface area contributed by atoms with Crippen LogP contribution in [0.2, 0.25) is 0 Å². The number of benzene rings is 1. The molecule has 0 saturated carbocycles. The van der Waals surface area contributed by atoms with Gasteiger partial charge in [0.25, 0.3) is 0 Å². The van der Waals surface area contributed by atoms with E-state index in [0.29, 0.717) is 12.2 Å². The molecule has 5 nitrogen and oxygen atoms in total. The predicted octanol–water partition coefficient (Wildman–Crippen LogP) is 1.78. The molecule has 0 aromatic heterocycles. The molecule has 0 aliphatic heterocycles. The molecular weight excluding hydrogens is 220 g/mol. The Morgan fingerprint density at radius 1 is 1.35 bits per heavy atom. The Labute approximate surface area is 99.8 Å². The molecule has 0 heterocycles. The molecule has 0 bridgehead atoms. The van der Waals surface area contributed by atoms with Crippen LogP contribution in [0.3, 0.4) is 0 Å². The van der Waals surface area contributed by atoms with E-state index in [4.69, 9.17) is 5.11 Å². The summed E-state index contributed by atoms with van der Waals surface area (Å²) in [4.78, 5) is 21.5. The fraction of sp³-hybridized carbons (Fsp3) is 0.333. The molecule has 0 fully saturated rings. The number of hydrogen-bond donors (Lipinski definition) is 3. The second kappa shape index (κ2) is 5.89. The smallest absolute Gasteiger partial charge is 0.308 e. The van der Waals surface area contributed by atoms with Gasteiger partial charge in [-0.25, -0.2) is 0 Å². The summed E-state index contributed by atoms with van der Waals surface area (Å²) in [7, 11) is 0. The Bertz CT molecular complexity index is 418. The molecule has 17 heavy (non-hydrogen) atoms. The third kappa shape index (κ3) is 4.55. The molecule has 5 heteroatoms. The van der Waals surface area contributed by atoms with E-state index in [0.717, 1.165) is 5.69 Å². The normalized spacial score (nSPS) is 11.6. The second-order valence-electron chi connectivity index (χ2n) is 3.88. The minimum absolute atomic E-state index is 0.138. The standard InChI is InChI=1S/C12H16N2O3/c1-8(12(16)17)7-13-10-4-3-5-11(6-10)14-9(2)15/h3-6,8,13H,7H2,1-2H3,(H,14,15)(H,16,17). The molecule has 1 rings (SSSR count). The van der Waals surface area contributed by atoms with Crippen LogP contribution in [-0.2, 0) is 9.59 Å². The molecular formula is C12H16N2O3. The van der Waals surface area contributed by atoms with Crippen molar-refractivity contribution in [2.45, 2.75) is 13.8 Å². The minimum Gasteiger partial charge on any atom is -0.481 e. The average Bonchev–Trinajstić information content (AvgIpc) is 2.25. The van der Waals surface area contributed by atoms with Crippen molar-refractivity contribution < 1.29 is 14.7 Å². The van der Waals surface area contributed by atoms with Crippen molar-refractivity contribution in [3.05, 3.63) is 24.3 Å². The van der Waals surface area contributed by atoms with Gasteiger partial charge in [0, 0.05) is 24.8 Å². The molecule has 92 valence electrons. The predicted molar refractivity (Wildman–Crippen MR) is 66.0 cm³/mol. The van der Waals surface area contributed by atoms with Crippen LogP contribution in [-0.4, -0.2) is 23.5 Å². The lowest BCUT2D eigenvalue weighted by atomic mass is 10.2. The van der Waals surface area contributed by atoms with Crippen molar-refractivity contribution in [3.8, 4) is 0 Å². The SMILES string of the molecule is CC(=O)Nc1cccc(NCC(C)C(=O)O)c1. The summed E-state index contributed by atoms with van der Waals surface area (Å²) in [6.45, 7) is 3.42. The van der Waals surface area contributed by atoms with Crippen LogP contribution in [0, 0.1) is 5.92 Å². The maximum Gasteiger partial charge on any atom is 0.308 e. The molecule has 1 amide bonds. The van der Waals surface area contributed by atoms with Crippen molar-refractivity contribution in [1.82, 2.24) is 0 Å². The van der Waals surface area contributed by atoms with Crippen LogP contribution >= 0.6 is 0 Å². The van der Waals surface area contributed by atoms with Gasteiger partial charge in [0.2, 0.25) is 5.91 Å². The largest absolute Gasteiger partial charge is 0.481 e. The molecule has 3 N–H and O–H groups in total. The van der Waals surface area contributed by atoms with E-state index in [9.17, 15) is 9.59 Å². The van der Waals surface area contributed by atoms with E-state index >= 15 is 0 Å². The Morgan fingerprint density at radius 2 is 2.00 bits per heavy atom. The minimum atomic E-state index is -0.837. The number of aliphatic carboxylic acids is 1. The van der Waals surface area contributed by atoms with E-state index in [1.165, 1.54) is 6.92 Å². The summed E-state index contributed by atoms with van der Waals surface area (Å²) < 4.78 is 0. The summed E-state index contributed by atoms with van der Waals surface area (Å²) >= 11 is 0. The first-order valence-corrected chi connectivity index (χ1v) is 5.33. The van der Waals surface area contributed by atoms with Crippen LogP contribution in [0.1, 0.15) is 13.8 Å². The van der Waals surface area contributed by atoms with Gasteiger partial charge < -0.3 is 15.7 Å². The molecule has 0 saturated heterocycles. The van der Waals surface area contributed by atoms with Gasteiger partial charge in [-0.15, -0.1) is 0 Å². The quantitative estimate of drug-likeness (QED) is 0.728. The summed E-state index contributed by atoms with van der Waals surface area (Å²) in [6, 6.07) is 7.14. The first-order chi connectivity index (χ1) is 7.99. The van der Waals surface area contributed by atoms with Gasteiger partial charge in [0.05, 0.1) is 5.92 Å². The van der Waals surface area contributed by atoms with Crippen LogP contribution in [0.15, 0.2) is 24.3 Å². The van der Waals surface area contributed by atoms with Gasteiger partial charge in [-0.1, -0.05) is 13.0 Å². The molecule has 1 atom stereocenters. The highest BCUT2D eigenvalue weighted by atomic mass is 16.4. The number of amides is 1. The van der Waals surface area contributed by atoms with E-state index in [1.54, 1.807) is 25.1 Å². The van der Waals surface area contributed by atoms with Crippen molar-refractivity contribution in [1.29, 1.82) is 0 Å². The first kappa shape index (κ1) is 13.0. The van der Waals surface area contributed by atoms with E-state index < -0.39 is 11.9 Å². The average molecular weight is 236 g/mol. The van der Waals surface area contributed by atoms with Gasteiger partial charge in [0.15, 0.2) is 0 Å². The molecule has 0 spiro atoms. The first-order valence-electron chi connectivity index (χ1n) is 5.33. The lowest BCUT2D eigenvalue weighted by Crippen LogP contribution is -2.19. The van der Waals surface area contributed by atoms with Crippen LogP contribution in [0.5, 0.6) is 0 Å². The van der Waals surface area contributed by atoms with Crippen molar-refractivity contribution >= 4 is 23.3 Å². The highest BCUT2D eigenvalue weighted by Gasteiger charge is 2.09. The molecule has 0 radical (unpaired) electrons. The highest BCUT2D eigenvalue weighted by Crippen LogP contribution is 2.15. The number of anilines is 2. The number of carbonyl (C=O) groups is 2. The zero-order chi connectivity index (χ0) is 12.8. The van der Waals surface area contributed by atoms with Crippen molar-refractivity contribution in [2.75, 3.05) is 17.2 Å². The number of carboxylic acids is 1. The highest BCUT2D eigenvalue weighted by molar-refractivity contribution is 5.89. The number of rotatable bonds is 5. The number of nitrogens with one attached hydrogen (secondary N) is 2. The third-order valence-electron chi connectivity index (χ3n) is 2.22. The molecule has 1 aromatic carbocycles. The zero-order valence-electron chi connectivity index (χ0n) is 9.86. The van der Waals surface area contributed by atoms with Gasteiger partial charge >= 0.3 is 5.97 Å². The van der Waals surface area contributed by atoms with E-state index in [-0.39, 0.29) is 5.91 Å². The van der Waals surface area contributed by atoms with Crippen LogP contribution < -0.4 is 10.6 Å². The molecule has 0 aliphatic rings. The molecule has 1 unspecified atom stereocenters. The van der Waals surface area contributed by atoms with E-state index in [1.807, 2.05) is 6.07 Å². The number of carbonyl (C=O) groups excluding carboxylic acids is 1. The third-order valence-corrected chi connectivity index (χ3v) is 2.22. The van der Waals surface area contributed by atoms with Crippen molar-refractivity contribution in [3.63, 3.8) is 0 Å². The molecule has 1 aromatic rings. The van der Waals surface area contributed by atoms with Crippen molar-refractivity contribution in [2.24, 2.45) is 5.92 Å². The molecule has 0 aliphatic carbocycles. The van der Waals surface area contributed by atoms with Gasteiger partial charge in [0.1, 0.15) is 0 Å². The number of carboxylic acid groups (broad SMARTS) is 1. The Morgan fingerprint density at radius 3 is 2.59 bits per heavy atom. The summed E-state index contributed by atoms with van der Waals surface area (Å²) in [6.07, 6.45) is 0. The monoisotopic (exact) mass is 236 g/mol. The Kier molecular flexibility index (Phi) is 4.51. The summed E-state index contributed by atoms with van der Waals surface area (Å²) in [5.41, 5.74) is 1.47. The van der Waals surface area contributed by atoms with Gasteiger partial charge in [-0.2, -0.15) is 0 Å². The van der Waals surface area contributed by atoms with Gasteiger partial charge in [-0.05, 0) is 18.2 Å². The number of hydrogen-bond acceptors (Lipinski definition) is 3. The summed E-state index contributed by atoms with van der Waals surface area (Å²) in [5.74, 6) is -1.43. The Hall–Kier alpha value is -2.04. The maximum absolute atomic E-state index is 10.9. The van der Waals surface area contributed by atoms with Gasteiger partial charge in [-0.3, -0.25) is 9.59 Å². The lowest BCUT2D eigenvalue weighted by Gasteiger charge is -2.11. The van der Waals surface area contributed by atoms with Crippen LogP contribution in [0.4, 0.5) is 11.4 Å². The summed E-state index contributed by atoms with van der Waals surface area (Å²) in [5, 5.41) is 14.4. The fourth-order valence-electron chi connectivity index (χ4n) is 1.27. The second-order valence-corrected chi connectivity index (χ2v) is 3.88. The van der Waals surface area contributed by atoms with E-state index in [2.05, 4.69) is 10.6 Å². The topological polar surface area (TPSA) is 78.4 Å². The lowest BCUT2D eigenvalue weighted by molar-refractivity contribution is -0.140. The maximum atomic E-state index is 10.9. The zero-order valence-corrected chi connectivity index (χ0v) is 9.86. The fourth-order valence-corrected chi connectivity index (χ4v) is 1.27. The Balaban J connectivity index is 2.59. The van der Waals surface area contributed by atoms with Crippen LogP contribution in [0.25, 0.3) is 0 Å².